The molecular weight excluding hydrogens is 212 g/mol. The van der Waals surface area contributed by atoms with Crippen LogP contribution in [0.25, 0.3) is 10.9 Å². The van der Waals surface area contributed by atoms with Gasteiger partial charge in [-0.15, -0.1) is 0 Å². The summed E-state index contributed by atoms with van der Waals surface area (Å²) in [5.41, 5.74) is 8.69. The lowest BCUT2D eigenvalue weighted by Crippen LogP contribution is -2.31. The van der Waals surface area contributed by atoms with Gasteiger partial charge in [-0.2, -0.15) is 0 Å². The van der Waals surface area contributed by atoms with Crippen LogP contribution in [0.5, 0.6) is 5.75 Å². The van der Waals surface area contributed by atoms with E-state index in [4.69, 9.17) is 10.5 Å². The van der Waals surface area contributed by atoms with Crippen molar-refractivity contribution in [3.8, 4) is 5.75 Å². The highest BCUT2D eigenvalue weighted by Crippen LogP contribution is 2.53. The van der Waals surface area contributed by atoms with Crippen LogP contribution < -0.4 is 10.5 Å². The topological polar surface area (TPSA) is 51.0 Å². The van der Waals surface area contributed by atoms with E-state index < -0.39 is 0 Å². The Labute approximate surface area is 101 Å². The van der Waals surface area contributed by atoms with E-state index >= 15 is 0 Å². The zero-order chi connectivity index (χ0) is 12.0. The molecule has 2 aromatic rings. The van der Waals surface area contributed by atoms with Gasteiger partial charge in [-0.1, -0.05) is 0 Å². The maximum Gasteiger partial charge on any atom is 0.123 e. The molecule has 0 bridgehead atoms. The minimum absolute atomic E-state index is 0.130. The molecule has 1 aliphatic rings. The van der Waals surface area contributed by atoms with Crippen LogP contribution in [0.2, 0.25) is 0 Å². The average molecular weight is 230 g/mol. The molecule has 90 valence electrons. The molecule has 0 saturated heterocycles. The summed E-state index contributed by atoms with van der Waals surface area (Å²) in [6, 6.07) is 6.53. The zero-order valence-electron chi connectivity index (χ0n) is 10.3. The molecule has 0 radical (unpaired) electrons. The Bertz CT molecular complexity index is 552. The predicted octanol–water partition coefficient (Wildman–Crippen LogP) is 2.56. The number of rotatable bonds is 3. The Morgan fingerprint density at radius 1 is 1.41 bits per heavy atom. The highest BCUT2D eigenvalue weighted by molar-refractivity contribution is 5.82. The van der Waals surface area contributed by atoms with E-state index in [1.807, 2.05) is 6.20 Å². The van der Waals surface area contributed by atoms with E-state index in [-0.39, 0.29) is 11.5 Å². The van der Waals surface area contributed by atoms with Crippen LogP contribution in [0.1, 0.15) is 25.3 Å². The van der Waals surface area contributed by atoms with E-state index in [9.17, 15) is 0 Å². The molecule has 1 fully saturated rings. The van der Waals surface area contributed by atoms with Crippen LogP contribution in [0.4, 0.5) is 0 Å². The standard InChI is InChI=1S/C14H18N2O/c1-9(15)14(4-5-14)11-8-12-10(3-6-16-12)7-13(11)17-2/h3,6-9,16H,4-5,15H2,1-2H3. The van der Waals surface area contributed by atoms with Gasteiger partial charge in [0.25, 0.3) is 0 Å². The van der Waals surface area contributed by atoms with Crippen LogP contribution in [-0.4, -0.2) is 18.1 Å². The van der Waals surface area contributed by atoms with Gasteiger partial charge in [0.2, 0.25) is 0 Å². The van der Waals surface area contributed by atoms with Crippen LogP contribution >= 0.6 is 0 Å². The lowest BCUT2D eigenvalue weighted by molar-refractivity contribution is 0.399. The van der Waals surface area contributed by atoms with Crippen molar-refractivity contribution in [1.29, 1.82) is 0 Å². The van der Waals surface area contributed by atoms with E-state index in [1.165, 1.54) is 10.9 Å². The third kappa shape index (κ3) is 1.46. The van der Waals surface area contributed by atoms with Crippen molar-refractivity contribution in [2.45, 2.75) is 31.2 Å². The molecule has 1 unspecified atom stereocenters. The van der Waals surface area contributed by atoms with Crippen molar-refractivity contribution in [2.24, 2.45) is 5.73 Å². The maximum atomic E-state index is 6.14. The molecule has 3 N–H and O–H groups in total. The van der Waals surface area contributed by atoms with Gasteiger partial charge in [0.15, 0.2) is 0 Å². The summed E-state index contributed by atoms with van der Waals surface area (Å²) in [6.45, 7) is 2.09. The van der Waals surface area contributed by atoms with Gasteiger partial charge in [0, 0.05) is 34.1 Å². The molecule has 3 heteroatoms. The Kier molecular flexibility index (Phi) is 2.20. The Hall–Kier alpha value is -1.48. The van der Waals surface area contributed by atoms with Crippen molar-refractivity contribution < 1.29 is 4.74 Å². The first-order valence-corrected chi connectivity index (χ1v) is 6.08. The zero-order valence-corrected chi connectivity index (χ0v) is 10.3. The summed E-state index contributed by atoms with van der Waals surface area (Å²) >= 11 is 0. The number of hydrogen-bond donors (Lipinski definition) is 2. The molecular formula is C14H18N2O. The summed E-state index contributed by atoms with van der Waals surface area (Å²) in [7, 11) is 1.73. The number of aromatic nitrogens is 1. The highest BCUT2D eigenvalue weighted by Gasteiger charge is 2.49. The Morgan fingerprint density at radius 3 is 2.76 bits per heavy atom. The first-order valence-electron chi connectivity index (χ1n) is 6.08. The van der Waals surface area contributed by atoms with Gasteiger partial charge in [-0.25, -0.2) is 0 Å². The van der Waals surface area contributed by atoms with Crippen molar-refractivity contribution in [2.75, 3.05) is 7.11 Å². The molecule has 1 aliphatic carbocycles. The lowest BCUT2D eigenvalue weighted by Gasteiger charge is -2.22. The molecule has 1 heterocycles. The molecule has 1 saturated carbocycles. The summed E-state index contributed by atoms with van der Waals surface area (Å²) < 4.78 is 5.53. The number of H-pyrrole nitrogens is 1. The normalized spacial score (nSPS) is 19.2. The number of hydrogen-bond acceptors (Lipinski definition) is 2. The SMILES string of the molecule is COc1cc2cc[nH]c2cc1C1(C(C)N)CC1. The summed E-state index contributed by atoms with van der Waals surface area (Å²) in [4.78, 5) is 3.25. The number of nitrogens with one attached hydrogen (secondary N) is 1. The molecule has 1 aromatic heterocycles. The smallest absolute Gasteiger partial charge is 0.123 e. The summed E-state index contributed by atoms with van der Waals surface area (Å²) in [5, 5.41) is 1.19. The van der Waals surface area contributed by atoms with Gasteiger partial charge < -0.3 is 15.5 Å². The van der Waals surface area contributed by atoms with Gasteiger partial charge in [0.1, 0.15) is 5.75 Å². The number of benzene rings is 1. The quantitative estimate of drug-likeness (QED) is 0.851. The average Bonchev–Trinajstić information content (AvgIpc) is 3.01. The molecule has 17 heavy (non-hydrogen) atoms. The van der Waals surface area contributed by atoms with Gasteiger partial charge in [-0.3, -0.25) is 0 Å². The van der Waals surface area contributed by atoms with Crippen molar-refractivity contribution in [3.05, 3.63) is 30.0 Å². The molecule has 3 rings (SSSR count). The Morgan fingerprint density at radius 2 is 2.18 bits per heavy atom. The fourth-order valence-corrected chi connectivity index (χ4v) is 2.74. The van der Waals surface area contributed by atoms with Crippen molar-refractivity contribution in [3.63, 3.8) is 0 Å². The number of methoxy groups -OCH3 is 1. The number of aromatic amines is 1. The lowest BCUT2D eigenvalue weighted by atomic mass is 9.88. The van der Waals surface area contributed by atoms with Gasteiger partial charge in [0.05, 0.1) is 7.11 Å². The van der Waals surface area contributed by atoms with Crippen LogP contribution in [0.3, 0.4) is 0 Å². The first-order chi connectivity index (χ1) is 8.17. The monoisotopic (exact) mass is 230 g/mol. The predicted molar refractivity (Wildman–Crippen MR) is 69.4 cm³/mol. The molecule has 1 atom stereocenters. The second kappa shape index (κ2) is 3.50. The van der Waals surface area contributed by atoms with E-state index in [1.54, 1.807) is 7.11 Å². The second-order valence-electron chi connectivity index (χ2n) is 5.06. The van der Waals surface area contributed by atoms with E-state index in [2.05, 4.69) is 30.1 Å². The minimum atomic E-state index is 0.130. The third-order valence-electron chi connectivity index (χ3n) is 4.07. The van der Waals surface area contributed by atoms with E-state index in [0.717, 1.165) is 24.1 Å². The highest BCUT2D eigenvalue weighted by atomic mass is 16.5. The van der Waals surface area contributed by atoms with Crippen molar-refractivity contribution in [1.82, 2.24) is 4.98 Å². The molecule has 0 spiro atoms. The third-order valence-corrected chi connectivity index (χ3v) is 4.07. The number of nitrogens with two attached hydrogens (primary N) is 1. The van der Waals surface area contributed by atoms with Crippen LogP contribution in [-0.2, 0) is 5.41 Å². The van der Waals surface area contributed by atoms with Crippen molar-refractivity contribution >= 4 is 10.9 Å². The Balaban J connectivity index is 2.20. The number of ether oxygens (including phenoxy) is 1. The summed E-state index contributed by atoms with van der Waals surface area (Å²) in [6.07, 6.45) is 4.28. The second-order valence-corrected chi connectivity index (χ2v) is 5.06. The maximum absolute atomic E-state index is 6.14. The molecule has 0 aliphatic heterocycles. The first kappa shape index (κ1) is 10.7. The fourth-order valence-electron chi connectivity index (χ4n) is 2.74. The molecule has 0 amide bonds. The molecule has 1 aromatic carbocycles. The van der Waals surface area contributed by atoms with Crippen LogP contribution in [0.15, 0.2) is 24.4 Å². The largest absolute Gasteiger partial charge is 0.496 e. The minimum Gasteiger partial charge on any atom is -0.496 e. The van der Waals surface area contributed by atoms with Crippen LogP contribution in [0, 0.1) is 0 Å². The van der Waals surface area contributed by atoms with E-state index in [0.29, 0.717) is 0 Å². The summed E-state index contributed by atoms with van der Waals surface area (Å²) in [5.74, 6) is 0.965. The van der Waals surface area contributed by atoms with Gasteiger partial charge >= 0.3 is 0 Å². The fraction of sp³-hybridized carbons (Fsp3) is 0.429. The number of fused-ring (bicyclic) bond motifs is 1. The molecule has 3 nitrogen and oxygen atoms in total. The van der Waals surface area contributed by atoms with Gasteiger partial charge in [-0.05, 0) is 38.0 Å².